The van der Waals surface area contributed by atoms with Crippen molar-refractivity contribution in [3.8, 4) is 5.75 Å². The van der Waals surface area contributed by atoms with Crippen LogP contribution in [-0.2, 0) is 4.79 Å². The maximum Gasteiger partial charge on any atom is 0.224 e. The predicted octanol–water partition coefficient (Wildman–Crippen LogP) is 3.67. The molecule has 0 heterocycles. The second kappa shape index (κ2) is 7.87. The summed E-state index contributed by atoms with van der Waals surface area (Å²) in [6, 6.07) is 14.9. The zero-order valence-corrected chi connectivity index (χ0v) is 13.7. The molecule has 2 aromatic rings. The Bertz CT molecular complexity index is 599. The molecule has 1 amide bonds. The van der Waals surface area contributed by atoms with Crippen LogP contribution in [0, 0.1) is 3.57 Å². The molecule has 0 spiro atoms. The van der Waals surface area contributed by atoms with Crippen molar-refractivity contribution in [3.63, 3.8) is 0 Å². The first-order valence-corrected chi connectivity index (χ1v) is 7.75. The number of amides is 1. The molecule has 2 rings (SSSR count). The molecule has 5 heteroatoms. The van der Waals surface area contributed by atoms with Crippen molar-refractivity contribution >= 4 is 39.9 Å². The summed E-state index contributed by atoms with van der Waals surface area (Å²) in [5.41, 5.74) is 7.03. The Hall–Kier alpha value is -1.76. The van der Waals surface area contributed by atoms with Crippen LogP contribution < -0.4 is 15.8 Å². The highest BCUT2D eigenvalue weighted by molar-refractivity contribution is 14.1. The number of hydrogen-bond donors (Lipinski definition) is 2. The number of nitrogens with one attached hydrogen (secondary N) is 1. The van der Waals surface area contributed by atoms with Crippen molar-refractivity contribution in [1.29, 1.82) is 0 Å². The molecule has 0 aromatic heterocycles. The lowest BCUT2D eigenvalue weighted by molar-refractivity contribution is -0.116. The summed E-state index contributed by atoms with van der Waals surface area (Å²) < 4.78 is 6.73. The minimum atomic E-state index is -0.0222. The summed E-state index contributed by atoms with van der Waals surface area (Å²) in [6.07, 6.45) is 1.10. The topological polar surface area (TPSA) is 64.3 Å². The standard InChI is InChI=1S/C16H17IN2O2/c17-12-3-1-4-15(11-12)21-10-2-5-16(20)19-14-8-6-13(18)7-9-14/h1,3-4,6-9,11H,2,5,10,18H2,(H,19,20). The van der Waals surface area contributed by atoms with Gasteiger partial charge in [-0.15, -0.1) is 0 Å². The first-order valence-electron chi connectivity index (χ1n) is 6.67. The SMILES string of the molecule is Nc1ccc(NC(=O)CCCOc2cccc(I)c2)cc1. The van der Waals surface area contributed by atoms with Crippen molar-refractivity contribution in [2.24, 2.45) is 0 Å². The third-order valence-corrected chi connectivity index (χ3v) is 3.48. The monoisotopic (exact) mass is 396 g/mol. The first-order chi connectivity index (χ1) is 10.1. The number of nitrogens with two attached hydrogens (primary N) is 1. The van der Waals surface area contributed by atoms with Crippen molar-refractivity contribution in [2.75, 3.05) is 17.7 Å². The van der Waals surface area contributed by atoms with E-state index < -0.39 is 0 Å². The summed E-state index contributed by atoms with van der Waals surface area (Å²) >= 11 is 2.24. The van der Waals surface area contributed by atoms with Gasteiger partial charge in [0.15, 0.2) is 0 Å². The number of carbonyl (C=O) groups excluding carboxylic acids is 1. The first kappa shape index (κ1) is 15.6. The number of nitrogen functional groups attached to an aromatic ring is 1. The van der Waals surface area contributed by atoms with Gasteiger partial charge in [0.25, 0.3) is 0 Å². The second-order valence-corrected chi connectivity index (χ2v) is 5.83. The molecule has 0 saturated heterocycles. The van der Waals surface area contributed by atoms with E-state index in [1.807, 2.05) is 24.3 Å². The zero-order valence-electron chi connectivity index (χ0n) is 11.5. The summed E-state index contributed by atoms with van der Waals surface area (Å²) in [6.45, 7) is 0.523. The quantitative estimate of drug-likeness (QED) is 0.445. The average molecular weight is 396 g/mol. The van der Waals surface area contributed by atoms with Crippen LogP contribution >= 0.6 is 22.6 Å². The number of rotatable bonds is 6. The van der Waals surface area contributed by atoms with E-state index in [0.717, 1.165) is 15.0 Å². The molecule has 0 saturated carbocycles. The van der Waals surface area contributed by atoms with Crippen LogP contribution in [-0.4, -0.2) is 12.5 Å². The van der Waals surface area contributed by atoms with Gasteiger partial charge in [0.2, 0.25) is 5.91 Å². The third kappa shape index (κ3) is 5.63. The van der Waals surface area contributed by atoms with Gasteiger partial charge in [0.1, 0.15) is 5.75 Å². The van der Waals surface area contributed by atoms with Gasteiger partial charge in [-0.1, -0.05) is 6.07 Å². The number of halogens is 1. The van der Waals surface area contributed by atoms with Gasteiger partial charge in [0, 0.05) is 21.4 Å². The fraction of sp³-hybridized carbons (Fsp3) is 0.188. The van der Waals surface area contributed by atoms with E-state index in [4.69, 9.17) is 10.5 Å². The highest BCUT2D eigenvalue weighted by Gasteiger charge is 2.03. The van der Waals surface area contributed by atoms with Gasteiger partial charge in [-0.2, -0.15) is 0 Å². The molecule has 0 aliphatic carbocycles. The molecule has 0 radical (unpaired) electrons. The van der Waals surface area contributed by atoms with Crippen LogP contribution in [0.4, 0.5) is 11.4 Å². The lowest BCUT2D eigenvalue weighted by Crippen LogP contribution is -2.12. The Balaban J connectivity index is 1.68. The van der Waals surface area contributed by atoms with Gasteiger partial charge in [-0.3, -0.25) is 4.79 Å². The van der Waals surface area contributed by atoms with E-state index >= 15 is 0 Å². The summed E-state index contributed by atoms with van der Waals surface area (Å²) in [5, 5.41) is 2.83. The zero-order chi connectivity index (χ0) is 15.1. The van der Waals surface area contributed by atoms with Crippen molar-refractivity contribution in [1.82, 2.24) is 0 Å². The van der Waals surface area contributed by atoms with Crippen molar-refractivity contribution in [3.05, 3.63) is 52.1 Å². The van der Waals surface area contributed by atoms with E-state index in [1.54, 1.807) is 24.3 Å². The van der Waals surface area contributed by atoms with Gasteiger partial charge < -0.3 is 15.8 Å². The molecule has 3 N–H and O–H groups in total. The van der Waals surface area contributed by atoms with Gasteiger partial charge in [-0.25, -0.2) is 0 Å². The Kier molecular flexibility index (Phi) is 5.86. The smallest absolute Gasteiger partial charge is 0.224 e. The van der Waals surface area contributed by atoms with E-state index in [-0.39, 0.29) is 5.91 Å². The van der Waals surface area contributed by atoms with E-state index in [1.165, 1.54) is 0 Å². The van der Waals surface area contributed by atoms with Crippen molar-refractivity contribution < 1.29 is 9.53 Å². The van der Waals surface area contributed by atoms with Crippen LogP contribution in [0.5, 0.6) is 5.75 Å². The van der Waals surface area contributed by atoms with Crippen LogP contribution in [0.1, 0.15) is 12.8 Å². The maximum absolute atomic E-state index is 11.8. The molecule has 110 valence electrons. The number of anilines is 2. The fourth-order valence-electron chi connectivity index (χ4n) is 1.77. The molecular formula is C16H17IN2O2. The Morgan fingerprint density at radius 3 is 2.67 bits per heavy atom. The van der Waals surface area contributed by atoms with E-state index in [2.05, 4.69) is 27.9 Å². The summed E-state index contributed by atoms with van der Waals surface area (Å²) in [5.74, 6) is 0.812. The summed E-state index contributed by atoms with van der Waals surface area (Å²) in [4.78, 5) is 11.8. The molecule has 0 fully saturated rings. The number of benzene rings is 2. The molecule has 0 unspecified atom stereocenters. The van der Waals surface area contributed by atoms with Crippen LogP contribution in [0.3, 0.4) is 0 Å². The molecule has 0 aliphatic heterocycles. The second-order valence-electron chi connectivity index (χ2n) is 4.58. The number of ether oxygens (including phenoxy) is 1. The van der Waals surface area contributed by atoms with Crippen LogP contribution in [0.2, 0.25) is 0 Å². The largest absolute Gasteiger partial charge is 0.494 e. The molecule has 4 nitrogen and oxygen atoms in total. The highest BCUT2D eigenvalue weighted by atomic mass is 127. The molecule has 21 heavy (non-hydrogen) atoms. The molecule has 0 aliphatic rings. The van der Waals surface area contributed by atoms with Gasteiger partial charge in [-0.05, 0) is 71.5 Å². The fourth-order valence-corrected chi connectivity index (χ4v) is 2.28. The number of hydrogen-bond acceptors (Lipinski definition) is 3. The normalized spacial score (nSPS) is 10.1. The average Bonchev–Trinajstić information content (AvgIpc) is 2.46. The Labute approximate surface area is 137 Å². The van der Waals surface area contributed by atoms with Gasteiger partial charge >= 0.3 is 0 Å². The molecule has 0 atom stereocenters. The van der Waals surface area contributed by atoms with E-state index in [0.29, 0.717) is 25.1 Å². The van der Waals surface area contributed by atoms with Crippen molar-refractivity contribution in [2.45, 2.75) is 12.8 Å². The third-order valence-electron chi connectivity index (χ3n) is 2.81. The molecule has 0 bridgehead atoms. The maximum atomic E-state index is 11.8. The lowest BCUT2D eigenvalue weighted by atomic mass is 10.2. The molecule has 2 aromatic carbocycles. The van der Waals surface area contributed by atoms with Crippen LogP contribution in [0.15, 0.2) is 48.5 Å². The predicted molar refractivity (Wildman–Crippen MR) is 93.4 cm³/mol. The van der Waals surface area contributed by atoms with Gasteiger partial charge in [0.05, 0.1) is 6.61 Å². The molecular weight excluding hydrogens is 379 g/mol. The minimum absolute atomic E-state index is 0.0222. The summed E-state index contributed by atoms with van der Waals surface area (Å²) in [7, 11) is 0. The van der Waals surface area contributed by atoms with E-state index in [9.17, 15) is 4.79 Å². The Morgan fingerprint density at radius 1 is 1.19 bits per heavy atom. The highest BCUT2D eigenvalue weighted by Crippen LogP contribution is 2.15. The van der Waals surface area contributed by atoms with Crippen LogP contribution in [0.25, 0.3) is 0 Å². The number of carbonyl (C=O) groups is 1. The lowest BCUT2D eigenvalue weighted by Gasteiger charge is -2.07. The minimum Gasteiger partial charge on any atom is -0.494 e. The Morgan fingerprint density at radius 2 is 1.95 bits per heavy atom.